The Bertz CT molecular complexity index is 462. The van der Waals surface area contributed by atoms with Crippen molar-refractivity contribution in [2.24, 2.45) is 5.92 Å². The van der Waals surface area contributed by atoms with Crippen molar-refractivity contribution in [3.05, 3.63) is 23.7 Å². The highest BCUT2D eigenvalue weighted by atomic mass is 16.3. The summed E-state index contributed by atoms with van der Waals surface area (Å²) in [5.74, 6) is 2.04. The van der Waals surface area contributed by atoms with E-state index in [9.17, 15) is 0 Å². The fourth-order valence-corrected chi connectivity index (χ4v) is 3.62. The fraction of sp³-hybridized carbons (Fsp3) is 0.667. The van der Waals surface area contributed by atoms with Gasteiger partial charge in [0.25, 0.3) is 0 Å². The van der Waals surface area contributed by atoms with Crippen LogP contribution in [0.4, 0.5) is 0 Å². The third kappa shape index (κ3) is 2.68. The van der Waals surface area contributed by atoms with Crippen molar-refractivity contribution in [2.45, 2.75) is 44.3 Å². The topological polar surface area (TPSA) is 52.2 Å². The molecule has 2 fully saturated rings. The Kier molecular flexibility index (Phi) is 3.58. The second-order valence-corrected chi connectivity index (χ2v) is 5.90. The maximum absolute atomic E-state index is 8.70. The largest absolute Gasteiger partial charge is 0.449 e. The predicted molar refractivity (Wildman–Crippen MR) is 72.4 cm³/mol. The molecule has 2 aliphatic heterocycles. The van der Waals surface area contributed by atoms with Crippen LogP contribution in [0.5, 0.6) is 0 Å². The summed E-state index contributed by atoms with van der Waals surface area (Å²) in [7, 11) is 2.28. The van der Waals surface area contributed by atoms with Gasteiger partial charge in [-0.3, -0.25) is 0 Å². The van der Waals surface area contributed by atoms with Crippen LogP contribution in [0.3, 0.4) is 0 Å². The summed E-state index contributed by atoms with van der Waals surface area (Å²) in [5, 5.41) is 12.2. The molecule has 0 aliphatic carbocycles. The van der Waals surface area contributed by atoms with Crippen molar-refractivity contribution in [1.82, 2.24) is 10.2 Å². The van der Waals surface area contributed by atoms with Crippen LogP contribution in [-0.2, 0) is 6.54 Å². The lowest BCUT2D eigenvalue weighted by molar-refractivity contribution is 0.132. The Morgan fingerprint density at radius 3 is 2.74 bits per heavy atom. The lowest BCUT2D eigenvalue weighted by atomic mass is 9.91. The summed E-state index contributed by atoms with van der Waals surface area (Å²) in [6.07, 6.45) is 5.39. The first-order chi connectivity index (χ1) is 9.26. The Hall–Kier alpha value is -1.31. The molecule has 2 saturated heterocycles. The first-order valence-corrected chi connectivity index (χ1v) is 7.17. The van der Waals surface area contributed by atoms with E-state index in [2.05, 4.69) is 17.3 Å². The Balaban J connectivity index is 1.45. The summed E-state index contributed by atoms with van der Waals surface area (Å²) in [6.45, 7) is 1.78. The van der Waals surface area contributed by atoms with Crippen LogP contribution >= 0.6 is 0 Å². The molecule has 4 nitrogen and oxygen atoms in total. The molecule has 3 heterocycles. The minimum absolute atomic E-state index is 0.397. The molecule has 2 bridgehead atoms. The summed E-state index contributed by atoms with van der Waals surface area (Å²) in [6, 6.07) is 7.23. The van der Waals surface area contributed by atoms with Gasteiger partial charge in [0.15, 0.2) is 0 Å². The molecule has 1 aromatic rings. The third-order valence-corrected chi connectivity index (χ3v) is 4.70. The molecular formula is C15H21N3O. The standard InChI is InChI=1S/C15H21N3O/c1-18-12-2-3-13(18)7-11(6-12)9-17-10-15-5-4-14(8-16)19-15/h4-5,11-13,17H,2-3,6-7,9-10H2,1H3. The molecule has 1 N–H and O–H groups in total. The number of fused-ring (bicyclic) bond motifs is 2. The lowest BCUT2D eigenvalue weighted by Crippen LogP contribution is -2.42. The molecule has 0 saturated carbocycles. The maximum atomic E-state index is 8.70. The number of nitrogens with one attached hydrogen (secondary N) is 1. The monoisotopic (exact) mass is 259 g/mol. The van der Waals surface area contributed by atoms with Gasteiger partial charge < -0.3 is 14.6 Å². The van der Waals surface area contributed by atoms with Crippen LogP contribution < -0.4 is 5.32 Å². The van der Waals surface area contributed by atoms with Crippen molar-refractivity contribution in [3.8, 4) is 6.07 Å². The van der Waals surface area contributed by atoms with Crippen LogP contribution in [0.25, 0.3) is 0 Å². The number of hydrogen-bond acceptors (Lipinski definition) is 4. The molecule has 4 heteroatoms. The number of nitriles is 1. The van der Waals surface area contributed by atoms with Crippen LogP contribution in [0, 0.1) is 17.2 Å². The molecule has 102 valence electrons. The Labute approximate surface area is 114 Å². The average molecular weight is 259 g/mol. The zero-order valence-corrected chi connectivity index (χ0v) is 11.4. The smallest absolute Gasteiger partial charge is 0.203 e. The van der Waals surface area contributed by atoms with Crippen molar-refractivity contribution in [2.75, 3.05) is 13.6 Å². The van der Waals surface area contributed by atoms with Gasteiger partial charge >= 0.3 is 0 Å². The second kappa shape index (κ2) is 5.36. The van der Waals surface area contributed by atoms with Gasteiger partial charge in [-0.15, -0.1) is 0 Å². The summed E-state index contributed by atoms with van der Waals surface area (Å²) in [4.78, 5) is 2.57. The predicted octanol–water partition coefficient (Wildman–Crippen LogP) is 2.11. The minimum Gasteiger partial charge on any atom is -0.449 e. The SMILES string of the molecule is CN1C2CCC1CC(CNCc1ccc(C#N)o1)C2. The molecule has 0 aromatic carbocycles. The van der Waals surface area contributed by atoms with Gasteiger partial charge in [-0.1, -0.05) is 0 Å². The molecule has 0 amide bonds. The maximum Gasteiger partial charge on any atom is 0.203 e. The number of hydrogen-bond donors (Lipinski definition) is 1. The van der Waals surface area contributed by atoms with Gasteiger partial charge in [0, 0.05) is 12.1 Å². The Morgan fingerprint density at radius 2 is 2.11 bits per heavy atom. The van der Waals surface area contributed by atoms with E-state index < -0.39 is 0 Å². The quantitative estimate of drug-likeness (QED) is 0.900. The molecule has 2 atom stereocenters. The number of piperidine rings is 1. The van der Waals surface area contributed by atoms with Gasteiger partial charge in [0.2, 0.25) is 5.76 Å². The van der Waals surface area contributed by atoms with E-state index in [1.165, 1.54) is 25.7 Å². The van der Waals surface area contributed by atoms with Crippen LogP contribution in [-0.4, -0.2) is 30.6 Å². The molecule has 1 aromatic heterocycles. The fourth-order valence-electron chi connectivity index (χ4n) is 3.62. The molecule has 19 heavy (non-hydrogen) atoms. The highest BCUT2D eigenvalue weighted by Crippen LogP contribution is 2.36. The first-order valence-electron chi connectivity index (χ1n) is 7.17. The average Bonchev–Trinajstić information content (AvgIpc) is 2.93. The lowest BCUT2D eigenvalue weighted by Gasteiger charge is -2.36. The highest BCUT2D eigenvalue weighted by molar-refractivity contribution is 5.18. The van der Waals surface area contributed by atoms with Crippen LogP contribution in [0.15, 0.2) is 16.5 Å². The minimum atomic E-state index is 0.397. The summed E-state index contributed by atoms with van der Waals surface area (Å²) < 4.78 is 5.36. The van der Waals surface area contributed by atoms with Crippen LogP contribution in [0.2, 0.25) is 0 Å². The second-order valence-electron chi connectivity index (χ2n) is 5.90. The van der Waals surface area contributed by atoms with E-state index >= 15 is 0 Å². The van der Waals surface area contributed by atoms with Crippen molar-refractivity contribution in [1.29, 1.82) is 5.26 Å². The summed E-state index contributed by atoms with van der Waals surface area (Å²) in [5.41, 5.74) is 0. The highest BCUT2D eigenvalue weighted by Gasteiger charge is 2.37. The molecule has 2 aliphatic rings. The molecular weight excluding hydrogens is 238 g/mol. The van der Waals surface area contributed by atoms with E-state index in [0.29, 0.717) is 5.76 Å². The molecule has 2 unspecified atom stereocenters. The van der Waals surface area contributed by atoms with Crippen molar-refractivity contribution < 1.29 is 4.42 Å². The van der Waals surface area contributed by atoms with E-state index in [1.54, 1.807) is 6.07 Å². The third-order valence-electron chi connectivity index (χ3n) is 4.70. The number of rotatable bonds is 4. The zero-order valence-electron chi connectivity index (χ0n) is 11.4. The van der Waals surface area contributed by atoms with E-state index in [-0.39, 0.29) is 0 Å². The normalized spacial score (nSPS) is 30.4. The molecule has 0 radical (unpaired) electrons. The summed E-state index contributed by atoms with van der Waals surface area (Å²) >= 11 is 0. The van der Waals surface area contributed by atoms with Crippen molar-refractivity contribution in [3.63, 3.8) is 0 Å². The van der Waals surface area contributed by atoms with Gasteiger partial charge in [0.1, 0.15) is 11.8 Å². The first kappa shape index (κ1) is 12.7. The van der Waals surface area contributed by atoms with Gasteiger partial charge in [-0.05, 0) is 57.3 Å². The van der Waals surface area contributed by atoms with Gasteiger partial charge in [-0.2, -0.15) is 5.26 Å². The van der Waals surface area contributed by atoms with Crippen molar-refractivity contribution >= 4 is 0 Å². The van der Waals surface area contributed by atoms with Crippen LogP contribution in [0.1, 0.15) is 37.2 Å². The number of nitrogens with zero attached hydrogens (tertiary/aromatic N) is 2. The Morgan fingerprint density at radius 1 is 1.37 bits per heavy atom. The van der Waals surface area contributed by atoms with E-state index in [0.717, 1.165) is 36.9 Å². The molecule has 3 rings (SSSR count). The molecule has 0 spiro atoms. The van der Waals surface area contributed by atoms with Gasteiger partial charge in [-0.25, -0.2) is 0 Å². The zero-order chi connectivity index (χ0) is 13.2. The number of furan rings is 1. The van der Waals surface area contributed by atoms with Gasteiger partial charge in [0.05, 0.1) is 6.54 Å². The van der Waals surface area contributed by atoms with E-state index in [1.807, 2.05) is 12.1 Å². The van der Waals surface area contributed by atoms with E-state index in [4.69, 9.17) is 9.68 Å².